The fraction of sp³-hybridized carbons (Fsp3) is 0.286. The second-order valence-electron chi connectivity index (χ2n) is 4.18. The predicted octanol–water partition coefficient (Wildman–Crippen LogP) is 3.10. The van der Waals surface area contributed by atoms with Gasteiger partial charge in [-0.1, -0.05) is 32.0 Å². The summed E-state index contributed by atoms with van der Waals surface area (Å²) in [5.41, 5.74) is 1.65. The zero-order valence-corrected chi connectivity index (χ0v) is 10.1. The first kappa shape index (κ1) is 11.6. The van der Waals surface area contributed by atoms with Gasteiger partial charge >= 0.3 is 0 Å². The highest BCUT2D eigenvalue weighted by atomic mass is 16.1. The van der Waals surface area contributed by atoms with Crippen molar-refractivity contribution in [2.24, 2.45) is 5.92 Å². The molecule has 0 bridgehead atoms. The molecule has 1 heterocycles. The average molecular weight is 228 g/mol. The molecule has 0 aliphatic heterocycles. The second kappa shape index (κ2) is 4.95. The van der Waals surface area contributed by atoms with Gasteiger partial charge in [0.2, 0.25) is 0 Å². The molecule has 0 aliphatic carbocycles. The molecule has 0 amide bonds. The van der Waals surface area contributed by atoms with Gasteiger partial charge in [-0.15, -0.1) is 0 Å². The molecule has 2 rings (SSSR count). The van der Waals surface area contributed by atoms with E-state index in [0.717, 1.165) is 12.1 Å². The number of benzene rings is 1. The van der Waals surface area contributed by atoms with E-state index in [4.69, 9.17) is 0 Å². The number of carbonyl (C=O) groups is 1. The van der Waals surface area contributed by atoms with E-state index in [9.17, 15) is 4.79 Å². The Labute approximate surface area is 101 Å². The van der Waals surface area contributed by atoms with E-state index < -0.39 is 0 Å². The van der Waals surface area contributed by atoms with Crippen LogP contribution in [0.3, 0.4) is 0 Å². The highest BCUT2D eigenvalue weighted by molar-refractivity contribution is 5.97. The molecule has 0 spiro atoms. The Morgan fingerprint density at radius 1 is 1.35 bits per heavy atom. The number of hydrogen-bond acceptors (Lipinski definition) is 2. The molecule has 0 saturated carbocycles. The van der Waals surface area contributed by atoms with Gasteiger partial charge in [0.25, 0.3) is 0 Å². The van der Waals surface area contributed by atoms with Crippen molar-refractivity contribution in [1.82, 2.24) is 9.78 Å². The molecule has 2 aromatic rings. The van der Waals surface area contributed by atoms with Crippen molar-refractivity contribution >= 4 is 5.78 Å². The van der Waals surface area contributed by atoms with Gasteiger partial charge in [0.05, 0.1) is 17.4 Å². The Bertz CT molecular complexity index is 502. The topological polar surface area (TPSA) is 34.9 Å². The zero-order chi connectivity index (χ0) is 12.3. The van der Waals surface area contributed by atoms with Crippen molar-refractivity contribution in [3.05, 3.63) is 48.3 Å². The van der Waals surface area contributed by atoms with E-state index in [0.29, 0.717) is 5.56 Å². The first-order valence-corrected chi connectivity index (χ1v) is 5.86. The summed E-state index contributed by atoms with van der Waals surface area (Å²) in [6.45, 7) is 3.96. The molecule has 0 aliphatic rings. The minimum absolute atomic E-state index is 0.0587. The van der Waals surface area contributed by atoms with Gasteiger partial charge in [-0.2, -0.15) is 5.10 Å². The maximum absolute atomic E-state index is 12.0. The number of Topliss-reactive ketones (excluding diaryl/α,β-unsaturated/α-hetero) is 1. The fourth-order valence-electron chi connectivity index (χ4n) is 1.64. The molecule has 1 atom stereocenters. The molecule has 0 fully saturated rings. The lowest BCUT2D eigenvalue weighted by atomic mass is 10.00. The highest BCUT2D eigenvalue weighted by Gasteiger charge is 2.15. The summed E-state index contributed by atoms with van der Waals surface area (Å²) in [5, 5.41) is 4.22. The maximum Gasteiger partial charge on any atom is 0.168 e. The van der Waals surface area contributed by atoms with Crippen LogP contribution in [0.4, 0.5) is 0 Å². The summed E-state index contributed by atoms with van der Waals surface area (Å²) >= 11 is 0. The third-order valence-corrected chi connectivity index (χ3v) is 2.95. The number of rotatable bonds is 4. The van der Waals surface area contributed by atoms with Crippen LogP contribution in [0, 0.1) is 5.92 Å². The van der Waals surface area contributed by atoms with Gasteiger partial charge in [0.1, 0.15) is 0 Å². The van der Waals surface area contributed by atoms with Crippen LogP contribution in [0.25, 0.3) is 5.69 Å². The smallest absolute Gasteiger partial charge is 0.168 e. The Kier molecular flexibility index (Phi) is 3.38. The average Bonchev–Trinajstić information content (AvgIpc) is 2.87. The molecular weight excluding hydrogens is 212 g/mol. The lowest BCUT2D eigenvalue weighted by Gasteiger charge is -2.04. The van der Waals surface area contributed by atoms with Gasteiger partial charge in [-0.25, -0.2) is 4.68 Å². The molecule has 17 heavy (non-hydrogen) atoms. The van der Waals surface area contributed by atoms with Crippen molar-refractivity contribution in [1.29, 1.82) is 0 Å². The van der Waals surface area contributed by atoms with Crippen molar-refractivity contribution in [3.63, 3.8) is 0 Å². The van der Waals surface area contributed by atoms with Crippen LogP contribution < -0.4 is 0 Å². The summed E-state index contributed by atoms with van der Waals surface area (Å²) in [6, 6.07) is 9.79. The van der Waals surface area contributed by atoms with Gasteiger partial charge in [-0.3, -0.25) is 4.79 Å². The molecule has 1 unspecified atom stereocenters. The third-order valence-electron chi connectivity index (χ3n) is 2.95. The standard InChI is InChI=1S/C14H16N2O/c1-3-11(2)14(17)12-9-15-16(10-12)13-7-5-4-6-8-13/h4-11H,3H2,1-2H3. The van der Waals surface area contributed by atoms with E-state index in [-0.39, 0.29) is 11.7 Å². The van der Waals surface area contributed by atoms with Crippen molar-refractivity contribution in [3.8, 4) is 5.69 Å². The van der Waals surface area contributed by atoms with Gasteiger partial charge in [0.15, 0.2) is 5.78 Å². The number of carbonyl (C=O) groups excluding carboxylic acids is 1. The lowest BCUT2D eigenvalue weighted by molar-refractivity contribution is 0.0927. The van der Waals surface area contributed by atoms with Crippen molar-refractivity contribution in [2.45, 2.75) is 20.3 Å². The Morgan fingerprint density at radius 2 is 2.06 bits per heavy atom. The largest absolute Gasteiger partial charge is 0.294 e. The van der Waals surface area contributed by atoms with Crippen LogP contribution in [0.2, 0.25) is 0 Å². The lowest BCUT2D eigenvalue weighted by Crippen LogP contribution is -2.09. The zero-order valence-electron chi connectivity index (χ0n) is 10.1. The third kappa shape index (κ3) is 2.44. The second-order valence-corrected chi connectivity index (χ2v) is 4.18. The number of hydrogen-bond donors (Lipinski definition) is 0. The molecule has 3 nitrogen and oxygen atoms in total. The number of nitrogens with zero attached hydrogens (tertiary/aromatic N) is 2. The Balaban J connectivity index is 2.25. The van der Waals surface area contributed by atoms with Crippen LogP contribution in [0.15, 0.2) is 42.7 Å². The van der Waals surface area contributed by atoms with Gasteiger partial charge in [-0.05, 0) is 18.6 Å². The monoisotopic (exact) mass is 228 g/mol. The van der Waals surface area contributed by atoms with Gasteiger partial charge < -0.3 is 0 Å². The Hall–Kier alpha value is -1.90. The van der Waals surface area contributed by atoms with Crippen molar-refractivity contribution < 1.29 is 4.79 Å². The number of para-hydroxylation sites is 1. The van der Waals surface area contributed by atoms with Crippen LogP contribution in [0.1, 0.15) is 30.6 Å². The SMILES string of the molecule is CCC(C)C(=O)c1cnn(-c2ccccc2)c1. The fourth-order valence-corrected chi connectivity index (χ4v) is 1.64. The number of aromatic nitrogens is 2. The molecule has 0 N–H and O–H groups in total. The quantitative estimate of drug-likeness (QED) is 0.754. The minimum Gasteiger partial charge on any atom is -0.294 e. The molecule has 0 radical (unpaired) electrons. The summed E-state index contributed by atoms with van der Waals surface area (Å²) in [7, 11) is 0. The summed E-state index contributed by atoms with van der Waals surface area (Å²) in [5.74, 6) is 0.220. The molecule has 0 saturated heterocycles. The van der Waals surface area contributed by atoms with E-state index >= 15 is 0 Å². The van der Waals surface area contributed by atoms with Crippen molar-refractivity contribution in [2.75, 3.05) is 0 Å². The molecule has 1 aromatic heterocycles. The van der Waals surface area contributed by atoms with E-state index in [1.807, 2.05) is 44.2 Å². The first-order chi connectivity index (χ1) is 8.22. The molecule has 1 aromatic carbocycles. The van der Waals surface area contributed by atoms with Crippen LogP contribution in [-0.4, -0.2) is 15.6 Å². The predicted molar refractivity (Wildman–Crippen MR) is 67.3 cm³/mol. The molecular formula is C14H16N2O. The Morgan fingerprint density at radius 3 is 2.71 bits per heavy atom. The first-order valence-electron chi connectivity index (χ1n) is 5.86. The van der Waals surface area contributed by atoms with E-state index in [1.165, 1.54) is 0 Å². The molecule has 3 heteroatoms. The van der Waals surface area contributed by atoms with Gasteiger partial charge in [0, 0.05) is 12.1 Å². The minimum atomic E-state index is 0.0587. The normalized spacial score (nSPS) is 12.4. The summed E-state index contributed by atoms with van der Waals surface area (Å²) < 4.78 is 1.73. The summed E-state index contributed by atoms with van der Waals surface area (Å²) in [4.78, 5) is 12.0. The van der Waals surface area contributed by atoms with Crippen LogP contribution in [0.5, 0.6) is 0 Å². The van der Waals surface area contributed by atoms with Crippen LogP contribution in [-0.2, 0) is 0 Å². The van der Waals surface area contributed by atoms with E-state index in [1.54, 1.807) is 17.1 Å². The molecule has 88 valence electrons. The highest BCUT2D eigenvalue weighted by Crippen LogP contribution is 2.13. The maximum atomic E-state index is 12.0. The number of ketones is 1. The van der Waals surface area contributed by atoms with Crippen LogP contribution >= 0.6 is 0 Å². The van der Waals surface area contributed by atoms with E-state index in [2.05, 4.69) is 5.10 Å². The summed E-state index contributed by atoms with van der Waals surface area (Å²) in [6.07, 6.45) is 4.29.